The minimum Gasteiger partial charge on any atom is -0.382 e. The molecule has 3 rings (SSSR count). The monoisotopic (exact) mass is 403 g/mol. The summed E-state index contributed by atoms with van der Waals surface area (Å²) < 4.78 is 7.49. The zero-order chi connectivity index (χ0) is 20.1. The maximum atomic E-state index is 10.6. The predicted molar refractivity (Wildman–Crippen MR) is 115 cm³/mol. The highest BCUT2D eigenvalue weighted by Gasteiger charge is 2.34. The van der Waals surface area contributed by atoms with Crippen molar-refractivity contribution in [2.24, 2.45) is 0 Å². The largest absolute Gasteiger partial charge is 0.382 e. The first-order valence-corrected chi connectivity index (χ1v) is 11.6. The molecule has 9 heteroatoms. The van der Waals surface area contributed by atoms with Gasteiger partial charge in [0, 0.05) is 6.54 Å². The van der Waals surface area contributed by atoms with Gasteiger partial charge in [-0.1, -0.05) is 25.5 Å². The lowest BCUT2D eigenvalue weighted by Gasteiger charge is -2.14. The van der Waals surface area contributed by atoms with Crippen LogP contribution in [0.2, 0.25) is 0 Å². The molecule has 2 heterocycles. The summed E-state index contributed by atoms with van der Waals surface area (Å²) in [6, 6.07) is 7.81. The normalized spacial score (nSPS) is 13.6. The number of rotatable bonds is 9. The summed E-state index contributed by atoms with van der Waals surface area (Å²) >= 11 is 0. The zero-order valence-electron chi connectivity index (χ0n) is 16.6. The lowest BCUT2D eigenvalue weighted by atomic mass is 10.2. The quantitative estimate of drug-likeness (QED) is 0.372. The summed E-state index contributed by atoms with van der Waals surface area (Å²) in [5, 5.41) is 4.03. The standard InChI is InChI=1S/C19H28N6O2P/c1-4-6-10-21-19-23-17(20)16-18(24-19)25(13-22-16)12-14-8-7-9-15(11-14)28(3,26)27-5-2/h7-9,11,13,26H,4-6,10,12H2,1-3H3,(H3,20,21,23,24)/q+1. The summed E-state index contributed by atoms with van der Waals surface area (Å²) in [7, 11) is -2.57. The Morgan fingerprint density at radius 3 is 2.86 bits per heavy atom. The van der Waals surface area contributed by atoms with Crippen molar-refractivity contribution in [1.29, 1.82) is 0 Å². The van der Waals surface area contributed by atoms with Gasteiger partial charge in [-0.3, -0.25) is 0 Å². The van der Waals surface area contributed by atoms with Gasteiger partial charge in [0.2, 0.25) is 5.95 Å². The van der Waals surface area contributed by atoms with Crippen LogP contribution in [0.25, 0.3) is 11.2 Å². The van der Waals surface area contributed by atoms with E-state index in [1.807, 2.05) is 35.8 Å². The molecule has 0 saturated carbocycles. The molecule has 0 spiro atoms. The Kier molecular flexibility index (Phi) is 6.44. The maximum absolute atomic E-state index is 10.6. The van der Waals surface area contributed by atoms with Crippen molar-refractivity contribution in [3.8, 4) is 0 Å². The van der Waals surface area contributed by atoms with Gasteiger partial charge < -0.3 is 15.6 Å². The van der Waals surface area contributed by atoms with E-state index in [1.165, 1.54) is 0 Å². The van der Waals surface area contributed by atoms with E-state index in [0.717, 1.165) is 30.3 Å². The molecule has 1 unspecified atom stereocenters. The number of imidazole rings is 1. The number of unbranched alkanes of at least 4 members (excludes halogenated alkanes) is 1. The molecule has 150 valence electrons. The van der Waals surface area contributed by atoms with Crippen molar-refractivity contribution < 1.29 is 9.42 Å². The van der Waals surface area contributed by atoms with Gasteiger partial charge in [-0.15, -0.1) is 0 Å². The van der Waals surface area contributed by atoms with E-state index in [1.54, 1.807) is 13.0 Å². The molecule has 0 aliphatic carbocycles. The molecule has 2 aromatic heterocycles. The summed E-state index contributed by atoms with van der Waals surface area (Å²) in [6.45, 7) is 7.60. The Balaban J connectivity index is 1.88. The smallest absolute Gasteiger partial charge is 0.300 e. The Labute approximate surface area is 165 Å². The number of nitrogens with two attached hydrogens (primary N) is 1. The van der Waals surface area contributed by atoms with Crippen LogP contribution >= 0.6 is 7.72 Å². The Morgan fingerprint density at radius 2 is 2.11 bits per heavy atom. The van der Waals surface area contributed by atoms with Gasteiger partial charge in [-0.25, -0.2) is 14.4 Å². The van der Waals surface area contributed by atoms with Gasteiger partial charge in [0.1, 0.15) is 12.2 Å². The molecular weight excluding hydrogens is 375 g/mol. The second-order valence-electron chi connectivity index (χ2n) is 6.72. The first-order valence-electron chi connectivity index (χ1n) is 9.50. The molecule has 0 amide bonds. The summed E-state index contributed by atoms with van der Waals surface area (Å²) in [4.78, 5) is 23.9. The molecule has 0 saturated heterocycles. The van der Waals surface area contributed by atoms with Gasteiger partial charge in [0.15, 0.2) is 16.8 Å². The molecule has 0 radical (unpaired) electrons. The van der Waals surface area contributed by atoms with Crippen LogP contribution in [-0.2, 0) is 11.1 Å². The molecule has 0 aliphatic rings. The van der Waals surface area contributed by atoms with Crippen molar-refractivity contribution in [2.75, 3.05) is 30.9 Å². The van der Waals surface area contributed by atoms with E-state index in [4.69, 9.17) is 10.3 Å². The van der Waals surface area contributed by atoms with E-state index in [0.29, 0.717) is 36.1 Å². The van der Waals surface area contributed by atoms with E-state index >= 15 is 0 Å². The molecule has 0 aliphatic heterocycles. The number of fused-ring (bicyclic) bond motifs is 1. The molecule has 0 bridgehead atoms. The summed E-state index contributed by atoms with van der Waals surface area (Å²) in [5.74, 6) is 0.876. The fourth-order valence-electron chi connectivity index (χ4n) is 2.97. The maximum Gasteiger partial charge on any atom is 0.300 e. The van der Waals surface area contributed by atoms with Crippen LogP contribution < -0.4 is 16.4 Å². The second kappa shape index (κ2) is 8.82. The number of hydrogen-bond donors (Lipinski definition) is 3. The zero-order valence-corrected chi connectivity index (χ0v) is 17.5. The van der Waals surface area contributed by atoms with Crippen molar-refractivity contribution in [3.63, 3.8) is 0 Å². The van der Waals surface area contributed by atoms with Crippen molar-refractivity contribution in [3.05, 3.63) is 36.2 Å². The Hall–Kier alpha value is -2.28. The molecule has 1 atom stereocenters. The molecular formula is C19H28N6O2P+. The third-order valence-corrected chi connectivity index (χ3v) is 6.42. The van der Waals surface area contributed by atoms with Crippen LogP contribution in [0.15, 0.2) is 30.6 Å². The first-order chi connectivity index (χ1) is 13.4. The Morgan fingerprint density at radius 1 is 1.29 bits per heavy atom. The minimum atomic E-state index is -2.57. The molecule has 4 N–H and O–H groups in total. The molecule has 0 fully saturated rings. The van der Waals surface area contributed by atoms with Gasteiger partial charge in [0.05, 0.1) is 19.5 Å². The topological polar surface area (TPSA) is 111 Å². The van der Waals surface area contributed by atoms with Crippen LogP contribution in [0, 0.1) is 0 Å². The SMILES string of the molecule is CCCCNc1nc(N)c2ncn(Cc3cccc([P+](C)(O)OCC)c3)c2n1. The fraction of sp³-hybridized carbons (Fsp3) is 0.421. The third kappa shape index (κ3) is 4.58. The van der Waals surface area contributed by atoms with E-state index < -0.39 is 7.72 Å². The van der Waals surface area contributed by atoms with Crippen LogP contribution in [0.1, 0.15) is 32.3 Å². The Bertz CT molecular complexity index is 943. The van der Waals surface area contributed by atoms with Crippen molar-refractivity contribution in [2.45, 2.75) is 33.2 Å². The van der Waals surface area contributed by atoms with Crippen LogP contribution in [0.4, 0.5) is 11.8 Å². The highest BCUT2D eigenvalue weighted by Crippen LogP contribution is 2.50. The second-order valence-corrected chi connectivity index (χ2v) is 9.26. The lowest BCUT2D eigenvalue weighted by molar-refractivity contribution is 0.322. The van der Waals surface area contributed by atoms with E-state index in [-0.39, 0.29) is 0 Å². The summed E-state index contributed by atoms with van der Waals surface area (Å²) in [5.41, 5.74) is 8.37. The van der Waals surface area contributed by atoms with Crippen molar-refractivity contribution in [1.82, 2.24) is 19.5 Å². The number of nitrogen functional groups attached to an aromatic ring is 1. The van der Waals surface area contributed by atoms with Crippen LogP contribution in [-0.4, -0.2) is 44.2 Å². The van der Waals surface area contributed by atoms with Crippen LogP contribution in [0.5, 0.6) is 0 Å². The highest BCUT2D eigenvalue weighted by atomic mass is 31.2. The lowest BCUT2D eigenvalue weighted by Crippen LogP contribution is -2.14. The number of anilines is 2. The fourth-order valence-corrected chi connectivity index (χ4v) is 4.39. The number of hydrogen-bond acceptors (Lipinski definition) is 7. The van der Waals surface area contributed by atoms with Gasteiger partial charge in [-0.05, 0) is 31.0 Å². The molecule has 1 aromatic carbocycles. The first kappa shape index (κ1) is 20.5. The number of aromatic nitrogens is 4. The average Bonchev–Trinajstić information content (AvgIpc) is 3.05. The number of nitrogens with zero attached hydrogens (tertiary/aromatic N) is 4. The van der Waals surface area contributed by atoms with Crippen molar-refractivity contribution >= 4 is 36.0 Å². The van der Waals surface area contributed by atoms with E-state index in [9.17, 15) is 4.89 Å². The summed E-state index contributed by atoms with van der Waals surface area (Å²) in [6.07, 6.45) is 3.84. The molecule has 8 nitrogen and oxygen atoms in total. The molecule has 28 heavy (non-hydrogen) atoms. The average molecular weight is 403 g/mol. The third-order valence-electron chi connectivity index (χ3n) is 4.43. The van der Waals surface area contributed by atoms with Gasteiger partial charge in [0.25, 0.3) is 7.72 Å². The minimum absolute atomic E-state index is 0.363. The van der Waals surface area contributed by atoms with E-state index in [2.05, 4.69) is 27.2 Å². The van der Waals surface area contributed by atoms with Gasteiger partial charge >= 0.3 is 0 Å². The molecule has 3 aromatic rings. The van der Waals surface area contributed by atoms with Gasteiger partial charge in [-0.2, -0.15) is 9.97 Å². The predicted octanol–water partition coefficient (Wildman–Crippen LogP) is 2.80. The number of nitrogens with one attached hydrogen (secondary N) is 1. The highest BCUT2D eigenvalue weighted by molar-refractivity contribution is 7.72. The number of benzene rings is 1. The van der Waals surface area contributed by atoms with Crippen LogP contribution in [0.3, 0.4) is 0 Å².